The normalized spacial score (nSPS) is 12.7. The van der Waals surface area contributed by atoms with Crippen LogP contribution < -0.4 is 5.73 Å². The maximum Gasteiger partial charge on any atom is 0.311 e. The van der Waals surface area contributed by atoms with Crippen LogP contribution in [0.5, 0.6) is 0 Å². The Kier molecular flexibility index (Phi) is 8.01. The van der Waals surface area contributed by atoms with Gasteiger partial charge in [0, 0.05) is 6.54 Å². The molecule has 0 fully saturated rings. The van der Waals surface area contributed by atoms with Crippen molar-refractivity contribution < 1.29 is 28.4 Å². The van der Waals surface area contributed by atoms with Crippen LogP contribution in [-0.2, 0) is 34.9 Å². The molecule has 0 aromatic carbocycles. The van der Waals surface area contributed by atoms with Gasteiger partial charge in [0.15, 0.2) is 18.6 Å². The summed E-state index contributed by atoms with van der Waals surface area (Å²) >= 11 is 0. The number of nitrogen functional groups attached to an aromatic ring is 1. The Balaban J connectivity index is 1.99. The van der Waals surface area contributed by atoms with E-state index in [1.54, 1.807) is 52.4 Å². The molecule has 2 N–H and O–H groups in total. The highest BCUT2D eigenvalue weighted by Crippen LogP contribution is 2.46. The molecule has 0 radical (unpaired) electrons. The minimum atomic E-state index is -3.31. The molecule has 0 aliphatic rings. The smallest absolute Gasteiger partial charge is 0.311 e. The minimum absolute atomic E-state index is 0.180. The molecule has 2 rings (SSSR count). The highest BCUT2D eigenvalue weighted by atomic mass is 31.2. The first-order valence-electron chi connectivity index (χ1n) is 10.1. The zero-order chi connectivity index (χ0) is 24.2. The first kappa shape index (κ1) is 25.7. The molecule has 178 valence electrons. The first-order valence-corrected chi connectivity index (χ1v) is 12.4. The summed E-state index contributed by atoms with van der Waals surface area (Å²) in [6, 6.07) is 0. The van der Waals surface area contributed by atoms with Crippen molar-refractivity contribution >= 4 is 36.1 Å². The Bertz CT molecular complexity index is 974. The van der Waals surface area contributed by atoms with Crippen LogP contribution in [0.25, 0.3) is 11.2 Å². The van der Waals surface area contributed by atoms with E-state index in [4.69, 9.17) is 19.9 Å². The second-order valence-electron chi connectivity index (χ2n) is 9.59. The number of imidazole rings is 1. The number of fused-ring (bicyclic) bond motifs is 1. The molecule has 2 heterocycles. The van der Waals surface area contributed by atoms with Gasteiger partial charge in [0.25, 0.3) is 0 Å². The standard InChI is InChI=1S/C20H32N5O6P/c1-19(2,3)17(26)30-12-32(28,13-31-18(27)20(4,5)6)11-29-8-7-25-10-24-14-15(21)22-9-23-16(14)25/h9-10H,7-8,11-13H2,1-6H3,(H2,21,22,23). The Morgan fingerprint density at radius 3 is 2.06 bits per heavy atom. The maximum absolute atomic E-state index is 13.4. The highest BCUT2D eigenvalue weighted by molar-refractivity contribution is 7.63. The Morgan fingerprint density at radius 1 is 0.969 bits per heavy atom. The molecule has 0 aliphatic heterocycles. The van der Waals surface area contributed by atoms with E-state index in [-0.39, 0.29) is 31.5 Å². The summed E-state index contributed by atoms with van der Waals surface area (Å²) in [5, 5.41) is 0. The highest BCUT2D eigenvalue weighted by Gasteiger charge is 2.32. The molecule has 0 spiro atoms. The van der Waals surface area contributed by atoms with E-state index >= 15 is 0 Å². The lowest BCUT2D eigenvalue weighted by molar-refractivity contribution is -0.151. The van der Waals surface area contributed by atoms with Crippen molar-refractivity contribution in [3.8, 4) is 0 Å². The van der Waals surface area contributed by atoms with Crippen LogP contribution in [-0.4, -0.2) is 57.1 Å². The van der Waals surface area contributed by atoms with E-state index in [2.05, 4.69) is 15.0 Å². The quantitative estimate of drug-likeness (QED) is 0.330. The van der Waals surface area contributed by atoms with Gasteiger partial charge in [0.2, 0.25) is 0 Å². The minimum Gasteiger partial charge on any atom is -0.457 e. The molecule has 0 saturated heterocycles. The molecule has 2 aromatic rings. The lowest BCUT2D eigenvalue weighted by Crippen LogP contribution is -2.26. The second kappa shape index (κ2) is 9.95. The molecule has 32 heavy (non-hydrogen) atoms. The van der Waals surface area contributed by atoms with Gasteiger partial charge in [0.1, 0.15) is 30.9 Å². The summed E-state index contributed by atoms with van der Waals surface area (Å²) in [5.74, 6) is -0.718. The van der Waals surface area contributed by atoms with Crippen LogP contribution in [0.1, 0.15) is 41.5 Å². The molecule has 2 aromatic heterocycles. The van der Waals surface area contributed by atoms with Crippen LogP contribution >= 0.6 is 7.14 Å². The van der Waals surface area contributed by atoms with Gasteiger partial charge in [-0.25, -0.2) is 15.0 Å². The zero-order valence-electron chi connectivity index (χ0n) is 19.5. The van der Waals surface area contributed by atoms with Crippen molar-refractivity contribution in [1.29, 1.82) is 0 Å². The SMILES string of the molecule is CC(C)(C)C(=O)OCP(=O)(COCCn1cnc2c(N)ncnc21)COC(=O)C(C)(C)C. The fraction of sp³-hybridized carbons (Fsp3) is 0.650. The molecule has 0 saturated carbocycles. The zero-order valence-corrected chi connectivity index (χ0v) is 20.3. The molecule has 12 heteroatoms. The predicted octanol–water partition coefficient (Wildman–Crippen LogP) is 2.84. The summed E-state index contributed by atoms with van der Waals surface area (Å²) in [4.78, 5) is 36.5. The van der Waals surface area contributed by atoms with E-state index in [0.29, 0.717) is 17.7 Å². The van der Waals surface area contributed by atoms with Crippen molar-refractivity contribution in [2.45, 2.75) is 48.1 Å². The first-order chi connectivity index (χ1) is 14.7. The second-order valence-corrected chi connectivity index (χ2v) is 12.5. The third-order valence-electron chi connectivity index (χ3n) is 4.32. The number of carbonyl (C=O) groups is 2. The third-order valence-corrected chi connectivity index (χ3v) is 6.17. The summed E-state index contributed by atoms with van der Waals surface area (Å²) < 4.78 is 31.2. The molecule has 11 nitrogen and oxygen atoms in total. The molecular weight excluding hydrogens is 437 g/mol. The largest absolute Gasteiger partial charge is 0.457 e. The average molecular weight is 469 g/mol. The summed E-state index contributed by atoms with van der Waals surface area (Å²) in [6.07, 6.45) is 1.94. The molecule has 0 aliphatic carbocycles. The number of nitrogens with zero attached hydrogens (tertiary/aromatic N) is 4. The number of esters is 2. The maximum atomic E-state index is 13.4. The topological polar surface area (TPSA) is 149 Å². The fourth-order valence-electron chi connectivity index (χ4n) is 2.35. The number of rotatable bonds is 9. The van der Waals surface area contributed by atoms with Gasteiger partial charge in [-0.15, -0.1) is 0 Å². The number of ether oxygens (including phenoxy) is 3. The number of anilines is 1. The predicted molar refractivity (Wildman–Crippen MR) is 119 cm³/mol. The summed E-state index contributed by atoms with van der Waals surface area (Å²) in [5.41, 5.74) is 5.33. The van der Waals surface area contributed by atoms with Crippen LogP contribution in [0.15, 0.2) is 12.7 Å². The van der Waals surface area contributed by atoms with E-state index < -0.39 is 29.9 Å². The summed E-state index contributed by atoms with van der Waals surface area (Å²) in [7, 11) is -3.31. The molecule has 0 amide bonds. The van der Waals surface area contributed by atoms with Gasteiger partial charge >= 0.3 is 11.9 Å². The Labute approximate surface area is 187 Å². The number of carbonyl (C=O) groups excluding carboxylic acids is 2. The van der Waals surface area contributed by atoms with Crippen LogP contribution in [0.4, 0.5) is 5.82 Å². The van der Waals surface area contributed by atoms with E-state index in [0.717, 1.165) is 0 Å². The number of aromatic nitrogens is 4. The Morgan fingerprint density at radius 2 is 1.53 bits per heavy atom. The number of hydrogen-bond donors (Lipinski definition) is 1. The van der Waals surface area contributed by atoms with Gasteiger partial charge in [0.05, 0.1) is 23.8 Å². The van der Waals surface area contributed by atoms with E-state index in [1.165, 1.54) is 6.33 Å². The van der Waals surface area contributed by atoms with Crippen LogP contribution in [0.2, 0.25) is 0 Å². The summed E-state index contributed by atoms with van der Waals surface area (Å²) in [6.45, 7) is 10.7. The van der Waals surface area contributed by atoms with Crippen molar-refractivity contribution in [3.63, 3.8) is 0 Å². The van der Waals surface area contributed by atoms with Crippen molar-refractivity contribution in [2.24, 2.45) is 10.8 Å². The van der Waals surface area contributed by atoms with Gasteiger partial charge in [-0.2, -0.15) is 0 Å². The molecule has 0 bridgehead atoms. The molecule has 0 atom stereocenters. The van der Waals surface area contributed by atoms with Gasteiger partial charge in [-0.3, -0.25) is 9.59 Å². The fourth-order valence-corrected chi connectivity index (χ4v) is 3.74. The average Bonchev–Trinajstić information content (AvgIpc) is 3.11. The van der Waals surface area contributed by atoms with Crippen LogP contribution in [0.3, 0.4) is 0 Å². The van der Waals surface area contributed by atoms with Gasteiger partial charge < -0.3 is 29.1 Å². The lowest BCUT2D eigenvalue weighted by Gasteiger charge is -2.23. The number of nitrogens with two attached hydrogens (primary N) is 1. The third kappa shape index (κ3) is 7.00. The van der Waals surface area contributed by atoms with E-state index in [1.807, 2.05) is 0 Å². The van der Waals surface area contributed by atoms with Crippen molar-refractivity contribution in [2.75, 3.05) is 31.4 Å². The monoisotopic (exact) mass is 469 g/mol. The van der Waals surface area contributed by atoms with Gasteiger partial charge in [-0.1, -0.05) is 0 Å². The van der Waals surface area contributed by atoms with Crippen molar-refractivity contribution in [3.05, 3.63) is 12.7 Å². The molecule has 0 unspecified atom stereocenters. The van der Waals surface area contributed by atoms with Crippen LogP contribution in [0, 0.1) is 10.8 Å². The Hall–Kier alpha value is -2.52. The van der Waals surface area contributed by atoms with E-state index in [9.17, 15) is 14.2 Å². The number of hydrogen-bond acceptors (Lipinski definition) is 10. The van der Waals surface area contributed by atoms with Gasteiger partial charge in [-0.05, 0) is 41.5 Å². The lowest BCUT2D eigenvalue weighted by atomic mass is 9.98. The molecular formula is C20H32N5O6P. The van der Waals surface area contributed by atoms with Crippen molar-refractivity contribution in [1.82, 2.24) is 19.5 Å².